The van der Waals surface area contributed by atoms with Gasteiger partial charge in [-0.05, 0) is 22.0 Å². The summed E-state index contributed by atoms with van der Waals surface area (Å²) in [6.45, 7) is 3.56. The predicted octanol–water partition coefficient (Wildman–Crippen LogP) is 1.37. The highest BCUT2D eigenvalue weighted by Crippen LogP contribution is 2.25. The average Bonchev–Trinajstić information content (AvgIpc) is 2.39. The van der Waals surface area contributed by atoms with Gasteiger partial charge in [-0.1, -0.05) is 11.6 Å². The lowest BCUT2D eigenvalue weighted by molar-refractivity contribution is -0.130. The number of hydrogen-bond acceptors (Lipinski definition) is 4. The molecule has 104 valence electrons. The van der Waals surface area contributed by atoms with Crippen LogP contribution >= 0.6 is 27.5 Å². The molecular weight excluding hydrogens is 332 g/mol. The quantitative estimate of drug-likeness (QED) is 0.897. The van der Waals surface area contributed by atoms with E-state index in [1.54, 1.807) is 12.3 Å². The highest BCUT2D eigenvalue weighted by molar-refractivity contribution is 9.10. The van der Waals surface area contributed by atoms with E-state index >= 15 is 0 Å². The van der Waals surface area contributed by atoms with Gasteiger partial charge in [-0.3, -0.25) is 4.79 Å². The van der Waals surface area contributed by atoms with Crippen LogP contribution in [0.15, 0.2) is 16.7 Å². The molecule has 1 N–H and O–H groups in total. The molecule has 19 heavy (non-hydrogen) atoms. The number of piperazine rings is 1. The molecule has 1 aromatic rings. The van der Waals surface area contributed by atoms with E-state index < -0.39 is 0 Å². The minimum Gasteiger partial charge on any atom is -0.349 e. The number of carbonyl (C=O) groups is 1. The average molecular weight is 348 g/mol. The van der Waals surface area contributed by atoms with Crippen LogP contribution in [0.2, 0.25) is 5.02 Å². The van der Waals surface area contributed by atoms with Crippen molar-refractivity contribution in [3.63, 3.8) is 0 Å². The van der Waals surface area contributed by atoms with Gasteiger partial charge >= 0.3 is 0 Å². The van der Waals surface area contributed by atoms with Gasteiger partial charge in [0.25, 0.3) is 0 Å². The zero-order chi connectivity index (χ0) is 13.8. The van der Waals surface area contributed by atoms with Crippen molar-refractivity contribution in [3.8, 4) is 0 Å². The highest BCUT2D eigenvalue weighted by Gasteiger charge is 2.19. The van der Waals surface area contributed by atoms with Crippen molar-refractivity contribution in [2.45, 2.75) is 0 Å². The minimum atomic E-state index is 0.118. The van der Waals surface area contributed by atoms with E-state index in [4.69, 9.17) is 11.6 Å². The molecule has 1 aliphatic rings. The predicted molar refractivity (Wildman–Crippen MR) is 79.7 cm³/mol. The number of amides is 1. The Kier molecular flexibility index (Phi) is 5.01. The zero-order valence-corrected chi connectivity index (χ0v) is 13.0. The molecule has 1 fully saturated rings. The topological polar surface area (TPSA) is 48.5 Å². The molecule has 2 heterocycles. The van der Waals surface area contributed by atoms with E-state index in [9.17, 15) is 4.79 Å². The van der Waals surface area contributed by atoms with Crippen molar-refractivity contribution in [2.24, 2.45) is 0 Å². The fourth-order valence-electron chi connectivity index (χ4n) is 1.98. The Morgan fingerprint density at radius 1 is 1.58 bits per heavy atom. The summed E-state index contributed by atoms with van der Waals surface area (Å²) in [5.41, 5.74) is 0. The summed E-state index contributed by atoms with van der Waals surface area (Å²) in [6, 6.07) is 1.77. The van der Waals surface area contributed by atoms with E-state index in [-0.39, 0.29) is 5.91 Å². The third-order valence-corrected chi connectivity index (χ3v) is 3.78. The summed E-state index contributed by atoms with van der Waals surface area (Å²) in [4.78, 5) is 20.1. The van der Waals surface area contributed by atoms with Gasteiger partial charge < -0.3 is 15.1 Å². The lowest BCUT2D eigenvalue weighted by Crippen LogP contribution is -2.49. The van der Waals surface area contributed by atoms with Crippen LogP contribution in [0.1, 0.15) is 0 Å². The lowest BCUT2D eigenvalue weighted by atomic mass is 10.3. The first-order chi connectivity index (χ1) is 9.08. The van der Waals surface area contributed by atoms with Gasteiger partial charge in [0.15, 0.2) is 0 Å². The molecule has 7 heteroatoms. The molecule has 1 saturated heterocycles. The van der Waals surface area contributed by atoms with Gasteiger partial charge in [0, 0.05) is 39.4 Å². The van der Waals surface area contributed by atoms with Crippen molar-refractivity contribution in [1.29, 1.82) is 0 Å². The minimum absolute atomic E-state index is 0.118. The summed E-state index contributed by atoms with van der Waals surface area (Å²) in [6.07, 6.45) is 1.58. The zero-order valence-electron chi connectivity index (χ0n) is 10.7. The first-order valence-electron chi connectivity index (χ1n) is 6.08. The summed E-state index contributed by atoms with van der Waals surface area (Å²) in [5, 5.41) is 3.80. The molecule has 0 aliphatic carbocycles. The van der Waals surface area contributed by atoms with Gasteiger partial charge in [0.2, 0.25) is 5.91 Å². The normalized spacial score (nSPS) is 15.4. The Balaban J connectivity index is 1.99. The Bertz CT molecular complexity index is 465. The number of nitrogens with zero attached hydrogens (tertiary/aromatic N) is 3. The molecule has 5 nitrogen and oxygen atoms in total. The van der Waals surface area contributed by atoms with Crippen molar-refractivity contribution in [2.75, 3.05) is 44.7 Å². The third-order valence-electron chi connectivity index (χ3n) is 2.99. The fraction of sp³-hybridized carbons (Fsp3) is 0.500. The number of halogens is 2. The molecule has 0 saturated carbocycles. The van der Waals surface area contributed by atoms with Crippen LogP contribution in [0.3, 0.4) is 0 Å². The maximum atomic E-state index is 12.1. The first-order valence-corrected chi connectivity index (χ1v) is 7.25. The smallest absolute Gasteiger partial charge is 0.242 e. The molecule has 1 amide bonds. The Morgan fingerprint density at radius 3 is 2.89 bits per heavy atom. The van der Waals surface area contributed by atoms with Crippen molar-refractivity contribution in [3.05, 3.63) is 21.8 Å². The molecule has 0 spiro atoms. The molecular formula is C12H16BrClN4O. The van der Waals surface area contributed by atoms with Gasteiger partial charge in [0.05, 0.1) is 16.0 Å². The Morgan fingerprint density at radius 2 is 2.26 bits per heavy atom. The second kappa shape index (κ2) is 6.54. The molecule has 2 rings (SSSR count). The van der Waals surface area contributed by atoms with Crippen LogP contribution in [0, 0.1) is 0 Å². The van der Waals surface area contributed by atoms with Crippen LogP contribution < -0.4 is 10.2 Å². The number of anilines is 1. The molecule has 0 aromatic carbocycles. The Hall–Kier alpha value is -0.850. The number of hydrogen-bond donors (Lipinski definition) is 1. The van der Waals surface area contributed by atoms with E-state index in [2.05, 4.69) is 26.2 Å². The second-order valence-corrected chi connectivity index (χ2v) is 5.74. The van der Waals surface area contributed by atoms with Crippen LogP contribution in [-0.2, 0) is 4.79 Å². The maximum Gasteiger partial charge on any atom is 0.242 e. The van der Waals surface area contributed by atoms with Crippen LogP contribution in [0.25, 0.3) is 0 Å². The van der Waals surface area contributed by atoms with E-state index in [1.165, 1.54) is 0 Å². The van der Waals surface area contributed by atoms with Gasteiger partial charge in [0.1, 0.15) is 5.82 Å². The molecule has 0 unspecified atom stereocenters. The monoisotopic (exact) mass is 346 g/mol. The number of carbonyl (C=O) groups excluding carboxylic acids is 1. The fourth-order valence-corrected chi connectivity index (χ4v) is 2.92. The lowest BCUT2D eigenvalue weighted by Gasteiger charge is -2.29. The second-order valence-electron chi connectivity index (χ2n) is 4.45. The van der Waals surface area contributed by atoms with Crippen molar-refractivity contribution < 1.29 is 4.79 Å². The maximum absolute atomic E-state index is 12.1. The van der Waals surface area contributed by atoms with Crippen molar-refractivity contribution >= 4 is 39.3 Å². The molecule has 0 atom stereocenters. The van der Waals surface area contributed by atoms with E-state index in [1.807, 2.05) is 16.8 Å². The standard InChI is InChI=1S/C12H16BrClN4O/c1-17(12-10(13)6-9(14)7-16-12)8-11(19)18-4-2-15-3-5-18/h6-7,15H,2-5,8H2,1H3. The number of pyridine rings is 1. The van der Waals surface area contributed by atoms with Crippen LogP contribution in [0.5, 0.6) is 0 Å². The summed E-state index contributed by atoms with van der Waals surface area (Å²) < 4.78 is 0.788. The first kappa shape index (κ1) is 14.6. The summed E-state index contributed by atoms with van der Waals surface area (Å²) in [7, 11) is 1.85. The number of likely N-dealkylation sites (N-methyl/N-ethyl adjacent to an activating group) is 1. The molecule has 1 aromatic heterocycles. The summed E-state index contributed by atoms with van der Waals surface area (Å²) >= 11 is 9.27. The largest absolute Gasteiger partial charge is 0.349 e. The SMILES string of the molecule is CN(CC(=O)N1CCNCC1)c1ncc(Cl)cc1Br. The third kappa shape index (κ3) is 3.81. The molecule has 0 radical (unpaired) electrons. The van der Waals surface area contributed by atoms with Gasteiger partial charge in [-0.2, -0.15) is 0 Å². The highest BCUT2D eigenvalue weighted by atomic mass is 79.9. The Labute approximate surface area is 126 Å². The van der Waals surface area contributed by atoms with Crippen LogP contribution in [-0.4, -0.2) is 55.6 Å². The number of aromatic nitrogens is 1. The van der Waals surface area contributed by atoms with Crippen molar-refractivity contribution in [1.82, 2.24) is 15.2 Å². The van der Waals surface area contributed by atoms with Gasteiger partial charge in [-0.25, -0.2) is 4.98 Å². The number of nitrogens with one attached hydrogen (secondary N) is 1. The number of rotatable bonds is 3. The molecule has 1 aliphatic heterocycles. The van der Waals surface area contributed by atoms with Crippen LogP contribution in [0.4, 0.5) is 5.82 Å². The van der Waals surface area contributed by atoms with E-state index in [0.717, 1.165) is 30.7 Å². The molecule has 0 bridgehead atoms. The summed E-state index contributed by atoms with van der Waals surface area (Å²) in [5.74, 6) is 0.834. The van der Waals surface area contributed by atoms with Gasteiger partial charge in [-0.15, -0.1) is 0 Å². The van der Waals surface area contributed by atoms with E-state index in [0.29, 0.717) is 17.4 Å².